The molecule has 0 bridgehead atoms. The molecule has 2 aliphatic carbocycles. The zero-order chi connectivity index (χ0) is 18.5. The number of hydrogen-bond acceptors (Lipinski definition) is 2. The van der Waals surface area contributed by atoms with Gasteiger partial charge in [0.25, 0.3) is 0 Å². The number of nitrogens with zero attached hydrogens (tertiary/aromatic N) is 3. The van der Waals surface area contributed by atoms with Crippen LogP contribution in [0.1, 0.15) is 30.5 Å². The van der Waals surface area contributed by atoms with E-state index < -0.39 is 0 Å². The van der Waals surface area contributed by atoms with Crippen LogP contribution in [0.2, 0.25) is 0 Å². The fourth-order valence-electron chi connectivity index (χ4n) is 3.88. The predicted octanol–water partition coefficient (Wildman–Crippen LogP) is 4.97. The molecule has 3 heteroatoms. The van der Waals surface area contributed by atoms with Crippen LogP contribution in [0.25, 0.3) is 11.3 Å². The third-order valence-corrected chi connectivity index (χ3v) is 5.27. The molecule has 138 valence electrons. The van der Waals surface area contributed by atoms with Crippen molar-refractivity contribution in [3.8, 4) is 5.69 Å². The minimum absolute atomic E-state index is 0.968. The Kier molecular flexibility index (Phi) is 5.50. The monoisotopic (exact) mass is 357 g/mol. The summed E-state index contributed by atoms with van der Waals surface area (Å²) in [6, 6.07) is 10.5. The molecular formula is C24H27N3. The molecule has 0 saturated carbocycles. The first-order valence-electron chi connectivity index (χ1n) is 9.83. The van der Waals surface area contributed by atoms with E-state index in [0.717, 1.165) is 38.0 Å². The Labute approximate surface area is 162 Å². The van der Waals surface area contributed by atoms with Gasteiger partial charge in [0.2, 0.25) is 0 Å². The smallest absolute Gasteiger partial charge is 0.0649 e. The number of benzene rings is 1. The highest BCUT2D eigenvalue weighted by molar-refractivity contribution is 5.69. The normalized spacial score (nSPS) is 17.9. The quantitative estimate of drug-likeness (QED) is 0.753. The number of rotatable bonds is 5. The van der Waals surface area contributed by atoms with Gasteiger partial charge in [-0.3, -0.25) is 4.90 Å². The van der Waals surface area contributed by atoms with E-state index in [4.69, 9.17) is 0 Å². The minimum atomic E-state index is 0.968. The first-order valence-corrected chi connectivity index (χ1v) is 9.83. The molecule has 0 unspecified atom stereocenters. The van der Waals surface area contributed by atoms with Gasteiger partial charge in [0, 0.05) is 18.7 Å². The van der Waals surface area contributed by atoms with Gasteiger partial charge in [0.05, 0.1) is 17.6 Å². The van der Waals surface area contributed by atoms with Crippen LogP contribution in [-0.2, 0) is 6.42 Å². The highest BCUT2D eigenvalue weighted by atomic mass is 15.3. The summed E-state index contributed by atoms with van der Waals surface area (Å²) in [6.07, 6.45) is 19.8. The van der Waals surface area contributed by atoms with E-state index in [1.165, 1.54) is 28.8 Å². The maximum absolute atomic E-state index is 4.69. The topological polar surface area (TPSA) is 21.1 Å². The van der Waals surface area contributed by atoms with Gasteiger partial charge in [-0.15, -0.1) is 0 Å². The third kappa shape index (κ3) is 4.20. The molecule has 1 aromatic carbocycles. The lowest BCUT2D eigenvalue weighted by molar-refractivity contribution is 0.400. The van der Waals surface area contributed by atoms with Crippen molar-refractivity contribution in [1.82, 2.24) is 14.7 Å². The molecule has 0 spiro atoms. The van der Waals surface area contributed by atoms with E-state index in [2.05, 4.69) is 94.7 Å². The van der Waals surface area contributed by atoms with Crippen molar-refractivity contribution < 1.29 is 0 Å². The standard InChI is InChI=1S/C24H27N3/c1-26(19-20-10-5-2-3-6-11-20)17-16-21-12-9-15-24-23(21)18-25-27(24)22-13-7-4-8-14-22/h2-8,10,13-14,16,18H,9,11-12,15,17,19H2,1H3/b21-16+. The van der Waals surface area contributed by atoms with Gasteiger partial charge in [0.1, 0.15) is 0 Å². The maximum Gasteiger partial charge on any atom is 0.0649 e. The average Bonchev–Trinajstić information content (AvgIpc) is 2.98. The fraction of sp³-hybridized carbons (Fsp3) is 0.292. The van der Waals surface area contributed by atoms with Gasteiger partial charge >= 0.3 is 0 Å². The summed E-state index contributed by atoms with van der Waals surface area (Å²) in [4.78, 5) is 2.39. The van der Waals surface area contributed by atoms with Crippen LogP contribution in [0.4, 0.5) is 0 Å². The second-order valence-electron chi connectivity index (χ2n) is 7.37. The van der Waals surface area contributed by atoms with E-state index in [9.17, 15) is 0 Å². The van der Waals surface area contributed by atoms with Crippen LogP contribution in [0.3, 0.4) is 0 Å². The molecular weight excluding hydrogens is 330 g/mol. The largest absolute Gasteiger partial charge is 0.299 e. The summed E-state index contributed by atoms with van der Waals surface area (Å²) >= 11 is 0. The van der Waals surface area contributed by atoms with Gasteiger partial charge < -0.3 is 0 Å². The number of para-hydroxylation sites is 1. The van der Waals surface area contributed by atoms with Crippen LogP contribution < -0.4 is 0 Å². The van der Waals surface area contributed by atoms with Gasteiger partial charge in [-0.1, -0.05) is 60.2 Å². The molecule has 27 heavy (non-hydrogen) atoms. The Morgan fingerprint density at radius 2 is 2.00 bits per heavy atom. The molecule has 2 aliphatic rings. The molecule has 2 aromatic rings. The molecule has 0 N–H and O–H groups in total. The number of fused-ring (bicyclic) bond motifs is 1. The Hall–Kier alpha value is -2.65. The first kappa shape index (κ1) is 17.7. The SMILES string of the molecule is CN(C/C=C1\CCCc2c1cnn2-c1ccccc1)CC1=CC=CC=CC1. The predicted molar refractivity (Wildman–Crippen MR) is 113 cm³/mol. The highest BCUT2D eigenvalue weighted by Gasteiger charge is 2.19. The lowest BCUT2D eigenvalue weighted by atomic mass is 9.92. The summed E-state index contributed by atoms with van der Waals surface area (Å²) in [6.45, 7) is 1.98. The molecule has 0 radical (unpaired) electrons. The zero-order valence-corrected chi connectivity index (χ0v) is 16.0. The number of hydrogen-bond donors (Lipinski definition) is 0. The Bertz CT molecular complexity index is 897. The lowest BCUT2D eigenvalue weighted by Gasteiger charge is -2.20. The average molecular weight is 358 g/mol. The third-order valence-electron chi connectivity index (χ3n) is 5.27. The molecule has 1 aromatic heterocycles. The van der Waals surface area contributed by atoms with Crippen molar-refractivity contribution in [3.05, 3.63) is 89.8 Å². The Morgan fingerprint density at radius 1 is 1.11 bits per heavy atom. The van der Waals surface area contributed by atoms with E-state index in [0.29, 0.717) is 0 Å². The van der Waals surface area contributed by atoms with Crippen LogP contribution in [0.15, 0.2) is 78.6 Å². The van der Waals surface area contributed by atoms with Gasteiger partial charge in [-0.05, 0) is 50.4 Å². The Morgan fingerprint density at radius 3 is 2.89 bits per heavy atom. The molecule has 1 heterocycles. The molecule has 3 nitrogen and oxygen atoms in total. The summed E-state index contributed by atoms with van der Waals surface area (Å²) in [5.74, 6) is 0. The van der Waals surface area contributed by atoms with E-state index in [-0.39, 0.29) is 0 Å². The maximum atomic E-state index is 4.69. The van der Waals surface area contributed by atoms with Crippen molar-refractivity contribution in [3.63, 3.8) is 0 Å². The summed E-state index contributed by atoms with van der Waals surface area (Å²) in [5, 5.41) is 4.69. The van der Waals surface area contributed by atoms with Gasteiger partial charge in [-0.25, -0.2) is 4.68 Å². The van der Waals surface area contributed by atoms with Crippen molar-refractivity contribution in [2.45, 2.75) is 25.7 Å². The molecule has 0 saturated heterocycles. The van der Waals surface area contributed by atoms with Crippen molar-refractivity contribution in [1.29, 1.82) is 0 Å². The lowest BCUT2D eigenvalue weighted by Crippen LogP contribution is -2.21. The van der Waals surface area contributed by atoms with E-state index >= 15 is 0 Å². The fourth-order valence-corrected chi connectivity index (χ4v) is 3.88. The number of allylic oxidation sites excluding steroid dienone is 6. The number of likely N-dealkylation sites (N-methyl/N-ethyl adjacent to an activating group) is 1. The van der Waals surface area contributed by atoms with Crippen LogP contribution in [0, 0.1) is 0 Å². The van der Waals surface area contributed by atoms with E-state index in [1.807, 2.05) is 0 Å². The van der Waals surface area contributed by atoms with Crippen LogP contribution in [0.5, 0.6) is 0 Å². The summed E-state index contributed by atoms with van der Waals surface area (Å²) < 4.78 is 2.11. The van der Waals surface area contributed by atoms with Gasteiger partial charge in [-0.2, -0.15) is 5.10 Å². The van der Waals surface area contributed by atoms with Crippen LogP contribution in [-0.4, -0.2) is 34.8 Å². The zero-order valence-electron chi connectivity index (χ0n) is 16.0. The minimum Gasteiger partial charge on any atom is -0.299 e. The Balaban J connectivity index is 1.48. The number of aromatic nitrogens is 2. The first-order chi connectivity index (χ1) is 13.3. The van der Waals surface area contributed by atoms with Crippen molar-refractivity contribution in [2.75, 3.05) is 20.1 Å². The molecule has 4 rings (SSSR count). The summed E-state index contributed by atoms with van der Waals surface area (Å²) in [7, 11) is 2.20. The molecule has 0 aliphatic heterocycles. The molecule has 0 atom stereocenters. The molecule has 0 fully saturated rings. The van der Waals surface area contributed by atoms with E-state index in [1.54, 1.807) is 0 Å². The summed E-state index contributed by atoms with van der Waals surface area (Å²) in [5.41, 5.74) is 6.74. The second kappa shape index (κ2) is 8.36. The van der Waals surface area contributed by atoms with Gasteiger partial charge in [0.15, 0.2) is 0 Å². The molecule has 0 amide bonds. The highest BCUT2D eigenvalue weighted by Crippen LogP contribution is 2.31. The van der Waals surface area contributed by atoms with Crippen molar-refractivity contribution in [2.24, 2.45) is 0 Å². The second-order valence-corrected chi connectivity index (χ2v) is 7.37. The van der Waals surface area contributed by atoms with Crippen molar-refractivity contribution >= 4 is 5.57 Å². The van der Waals surface area contributed by atoms with Crippen LogP contribution >= 0.6 is 0 Å².